The Balaban J connectivity index is 2.19. The van der Waals surface area contributed by atoms with Crippen molar-refractivity contribution in [3.63, 3.8) is 0 Å². The van der Waals surface area contributed by atoms with Gasteiger partial charge in [-0.05, 0) is 30.3 Å². The van der Waals surface area contributed by atoms with Crippen LogP contribution in [0.3, 0.4) is 0 Å². The summed E-state index contributed by atoms with van der Waals surface area (Å²) in [5, 5.41) is 3.41. The van der Waals surface area contributed by atoms with Crippen molar-refractivity contribution < 1.29 is 4.74 Å². The van der Waals surface area contributed by atoms with E-state index in [-0.39, 0.29) is 0 Å². The van der Waals surface area contributed by atoms with Gasteiger partial charge in [0.15, 0.2) is 5.82 Å². The number of ether oxygens (including phenoxy) is 1. The first kappa shape index (κ1) is 14.7. The summed E-state index contributed by atoms with van der Waals surface area (Å²) in [6, 6.07) is 9.92. The lowest BCUT2D eigenvalue weighted by atomic mass is 10.2. The van der Waals surface area contributed by atoms with E-state index in [0.29, 0.717) is 6.54 Å². The van der Waals surface area contributed by atoms with Crippen molar-refractivity contribution in [1.29, 1.82) is 0 Å². The standard InChI is InChI=1S/C15H18BrN3O/c1-19(2)15-13(5-4-8-17-15)18-10-11-9-12(16)6-7-14(11)20-3/h4-9,18H,10H2,1-3H3. The maximum atomic E-state index is 5.38. The van der Waals surface area contributed by atoms with Gasteiger partial charge >= 0.3 is 0 Å². The topological polar surface area (TPSA) is 37.4 Å². The van der Waals surface area contributed by atoms with Crippen molar-refractivity contribution in [2.24, 2.45) is 0 Å². The predicted molar refractivity (Wildman–Crippen MR) is 86.6 cm³/mol. The number of aromatic nitrogens is 1. The zero-order chi connectivity index (χ0) is 14.5. The third kappa shape index (κ3) is 3.42. The zero-order valence-electron chi connectivity index (χ0n) is 11.9. The number of nitrogens with zero attached hydrogens (tertiary/aromatic N) is 2. The summed E-state index contributed by atoms with van der Waals surface area (Å²) in [6.07, 6.45) is 1.79. The number of hydrogen-bond acceptors (Lipinski definition) is 4. The van der Waals surface area contributed by atoms with Gasteiger partial charge in [-0.2, -0.15) is 0 Å². The molecule has 2 aromatic rings. The molecule has 0 amide bonds. The average molecular weight is 336 g/mol. The summed E-state index contributed by atoms with van der Waals surface area (Å²) in [7, 11) is 5.64. The van der Waals surface area contributed by atoms with E-state index < -0.39 is 0 Å². The van der Waals surface area contributed by atoms with E-state index in [4.69, 9.17) is 4.74 Å². The minimum atomic E-state index is 0.676. The van der Waals surface area contributed by atoms with Gasteiger partial charge in [0.1, 0.15) is 5.75 Å². The lowest BCUT2D eigenvalue weighted by Crippen LogP contribution is -2.14. The molecule has 0 unspecified atom stereocenters. The Hall–Kier alpha value is -1.75. The second-order valence-corrected chi connectivity index (χ2v) is 5.49. The number of nitrogens with one attached hydrogen (secondary N) is 1. The zero-order valence-corrected chi connectivity index (χ0v) is 13.4. The molecular formula is C15H18BrN3O. The smallest absolute Gasteiger partial charge is 0.151 e. The van der Waals surface area contributed by atoms with E-state index in [1.54, 1.807) is 13.3 Å². The van der Waals surface area contributed by atoms with Gasteiger partial charge in [0.25, 0.3) is 0 Å². The van der Waals surface area contributed by atoms with Crippen molar-refractivity contribution in [3.05, 3.63) is 46.6 Å². The number of methoxy groups -OCH3 is 1. The van der Waals surface area contributed by atoms with Gasteiger partial charge in [-0.15, -0.1) is 0 Å². The minimum absolute atomic E-state index is 0.676. The molecule has 1 aromatic heterocycles. The van der Waals surface area contributed by atoms with E-state index in [9.17, 15) is 0 Å². The lowest BCUT2D eigenvalue weighted by molar-refractivity contribution is 0.410. The van der Waals surface area contributed by atoms with E-state index in [2.05, 4.69) is 32.3 Å². The van der Waals surface area contributed by atoms with Gasteiger partial charge in [0.05, 0.1) is 12.8 Å². The van der Waals surface area contributed by atoms with Crippen LogP contribution in [0.5, 0.6) is 5.75 Å². The van der Waals surface area contributed by atoms with Crippen molar-refractivity contribution in [2.75, 3.05) is 31.4 Å². The number of pyridine rings is 1. The van der Waals surface area contributed by atoms with Crippen LogP contribution in [0.25, 0.3) is 0 Å². The Morgan fingerprint density at radius 3 is 2.80 bits per heavy atom. The fourth-order valence-corrected chi connectivity index (χ4v) is 2.38. The number of rotatable bonds is 5. The molecule has 5 heteroatoms. The monoisotopic (exact) mass is 335 g/mol. The third-order valence-corrected chi connectivity index (χ3v) is 3.42. The molecule has 1 N–H and O–H groups in total. The largest absolute Gasteiger partial charge is 0.496 e. The van der Waals surface area contributed by atoms with Crippen LogP contribution in [0, 0.1) is 0 Å². The highest BCUT2D eigenvalue weighted by molar-refractivity contribution is 9.10. The summed E-state index contributed by atoms with van der Waals surface area (Å²) < 4.78 is 6.42. The molecule has 20 heavy (non-hydrogen) atoms. The van der Waals surface area contributed by atoms with Gasteiger partial charge in [-0.25, -0.2) is 4.98 Å². The summed E-state index contributed by atoms with van der Waals surface area (Å²) in [4.78, 5) is 6.36. The Kier molecular flexibility index (Phi) is 4.84. The van der Waals surface area contributed by atoms with Crippen molar-refractivity contribution in [3.8, 4) is 5.75 Å². The molecule has 0 saturated carbocycles. The first-order valence-electron chi connectivity index (χ1n) is 6.30. The van der Waals surface area contributed by atoms with Crippen LogP contribution < -0.4 is 15.0 Å². The van der Waals surface area contributed by atoms with Gasteiger partial charge in [0.2, 0.25) is 0 Å². The number of benzene rings is 1. The summed E-state index contributed by atoms with van der Waals surface area (Å²) in [6.45, 7) is 0.676. The first-order chi connectivity index (χ1) is 9.61. The molecule has 0 bridgehead atoms. The van der Waals surface area contributed by atoms with E-state index in [1.165, 1.54) is 0 Å². The minimum Gasteiger partial charge on any atom is -0.496 e. The molecule has 0 saturated heterocycles. The fourth-order valence-electron chi connectivity index (χ4n) is 1.97. The van der Waals surface area contributed by atoms with Crippen LogP contribution in [0.1, 0.15) is 5.56 Å². The van der Waals surface area contributed by atoms with Gasteiger partial charge in [-0.3, -0.25) is 0 Å². The van der Waals surface area contributed by atoms with Crippen LogP contribution in [0.4, 0.5) is 11.5 Å². The van der Waals surface area contributed by atoms with Crippen LogP contribution >= 0.6 is 15.9 Å². The Morgan fingerprint density at radius 2 is 2.10 bits per heavy atom. The summed E-state index contributed by atoms with van der Waals surface area (Å²) >= 11 is 3.49. The molecule has 0 aliphatic carbocycles. The van der Waals surface area contributed by atoms with Gasteiger partial charge in [0, 0.05) is 36.9 Å². The van der Waals surface area contributed by atoms with E-state index in [1.807, 2.05) is 43.3 Å². The maximum Gasteiger partial charge on any atom is 0.151 e. The molecule has 0 fully saturated rings. The Bertz CT molecular complexity index is 587. The molecule has 2 rings (SSSR count). The van der Waals surface area contributed by atoms with E-state index >= 15 is 0 Å². The molecule has 0 aliphatic rings. The first-order valence-corrected chi connectivity index (χ1v) is 7.09. The number of anilines is 2. The van der Waals surface area contributed by atoms with E-state index in [0.717, 1.165) is 27.3 Å². The van der Waals surface area contributed by atoms with Crippen LogP contribution in [-0.2, 0) is 6.54 Å². The highest BCUT2D eigenvalue weighted by atomic mass is 79.9. The number of hydrogen-bond donors (Lipinski definition) is 1. The molecule has 0 aliphatic heterocycles. The molecule has 1 heterocycles. The molecule has 1 aromatic carbocycles. The quantitative estimate of drug-likeness (QED) is 0.906. The second-order valence-electron chi connectivity index (χ2n) is 4.58. The second kappa shape index (κ2) is 6.61. The molecule has 0 atom stereocenters. The van der Waals surface area contributed by atoms with Gasteiger partial charge in [-0.1, -0.05) is 15.9 Å². The highest BCUT2D eigenvalue weighted by Gasteiger charge is 2.07. The van der Waals surface area contributed by atoms with Crippen molar-refractivity contribution >= 4 is 27.4 Å². The maximum absolute atomic E-state index is 5.38. The lowest BCUT2D eigenvalue weighted by Gasteiger charge is -2.17. The predicted octanol–water partition coefficient (Wildman–Crippen LogP) is 3.53. The van der Waals surface area contributed by atoms with Crippen LogP contribution in [0.15, 0.2) is 41.0 Å². The van der Waals surface area contributed by atoms with Crippen LogP contribution in [0.2, 0.25) is 0 Å². The third-order valence-electron chi connectivity index (χ3n) is 2.92. The Labute approximate surface area is 127 Å². The molecule has 106 valence electrons. The average Bonchev–Trinajstić information content (AvgIpc) is 2.45. The molecule has 0 radical (unpaired) electrons. The van der Waals surface area contributed by atoms with Gasteiger partial charge < -0.3 is 15.0 Å². The number of halogens is 1. The Morgan fingerprint density at radius 1 is 1.30 bits per heavy atom. The normalized spacial score (nSPS) is 10.2. The van der Waals surface area contributed by atoms with Crippen molar-refractivity contribution in [2.45, 2.75) is 6.54 Å². The molecular weight excluding hydrogens is 318 g/mol. The SMILES string of the molecule is COc1ccc(Br)cc1CNc1cccnc1N(C)C. The molecule has 0 spiro atoms. The fraction of sp³-hybridized carbons (Fsp3) is 0.267. The summed E-state index contributed by atoms with van der Waals surface area (Å²) in [5.74, 6) is 1.79. The van der Waals surface area contributed by atoms with Crippen molar-refractivity contribution in [1.82, 2.24) is 4.98 Å². The highest BCUT2D eigenvalue weighted by Crippen LogP contribution is 2.26. The summed E-state index contributed by atoms with van der Waals surface area (Å²) in [5.41, 5.74) is 2.09. The van der Waals surface area contributed by atoms with Crippen LogP contribution in [-0.4, -0.2) is 26.2 Å². The molecule has 4 nitrogen and oxygen atoms in total.